The SMILES string of the molecule is CCCCCC(C)(C)c1cc(Cc2cc(C(C)(C)CCCCC)cc(-n3nc4ccccc4n3)c2O)c(O)c(-n2nc3ccccc3n2)c1. The second-order valence-corrected chi connectivity index (χ2v) is 14.8. The third kappa shape index (κ3) is 7.19. The van der Waals surface area contributed by atoms with Crippen molar-refractivity contribution in [2.45, 2.75) is 110 Å². The summed E-state index contributed by atoms with van der Waals surface area (Å²) in [6.07, 6.45) is 9.19. The van der Waals surface area contributed by atoms with Gasteiger partial charge in [-0.25, -0.2) is 0 Å². The first-order valence-electron chi connectivity index (χ1n) is 17.9. The maximum atomic E-state index is 12.0. The van der Waals surface area contributed by atoms with Crippen LogP contribution in [0.5, 0.6) is 11.5 Å². The number of aromatic hydroxyl groups is 2. The largest absolute Gasteiger partial charge is 0.505 e. The molecule has 2 aromatic heterocycles. The van der Waals surface area contributed by atoms with Crippen molar-refractivity contribution in [3.05, 3.63) is 95.1 Å². The number of aromatic nitrogens is 6. The van der Waals surface area contributed by atoms with Gasteiger partial charge in [-0.2, -0.15) is 0 Å². The fourth-order valence-corrected chi connectivity index (χ4v) is 6.77. The lowest BCUT2D eigenvalue weighted by Gasteiger charge is -2.28. The molecule has 8 heteroatoms. The third-order valence-electron chi connectivity index (χ3n) is 10.1. The third-order valence-corrected chi connectivity index (χ3v) is 10.1. The minimum absolute atomic E-state index is 0.102. The van der Waals surface area contributed by atoms with Crippen molar-refractivity contribution in [1.82, 2.24) is 30.0 Å². The van der Waals surface area contributed by atoms with Crippen LogP contribution < -0.4 is 0 Å². The number of benzene rings is 4. The highest BCUT2D eigenvalue weighted by Crippen LogP contribution is 2.41. The molecule has 49 heavy (non-hydrogen) atoms. The van der Waals surface area contributed by atoms with Gasteiger partial charge in [0, 0.05) is 17.5 Å². The Bertz CT molecular complexity index is 1860. The Hall–Kier alpha value is -4.72. The number of hydrogen-bond acceptors (Lipinski definition) is 6. The van der Waals surface area contributed by atoms with Gasteiger partial charge in [0.1, 0.15) is 44.9 Å². The van der Waals surface area contributed by atoms with E-state index in [-0.39, 0.29) is 22.3 Å². The van der Waals surface area contributed by atoms with E-state index in [2.05, 4.69) is 53.7 Å². The molecule has 0 saturated carbocycles. The molecule has 0 atom stereocenters. The van der Waals surface area contributed by atoms with Gasteiger partial charge in [-0.3, -0.25) is 0 Å². The minimum atomic E-state index is -0.158. The molecule has 0 aliphatic heterocycles. The predicted molar refractivity (Wildman–Crippen MR) is 198 cm³/mol. The number of nitrogens with zero attached hydrogens (tertiary/aromatic N) is 6. The van der Waals surface area contributed by atoms with Gasteiger partial charge >= 0.3 is 0 Å². The summed E-state index contributed by atoms with van der Waals surface area (Å²) in [7, 11) is 0. The average Bonchev–Trinajstić information content (AvgIpc) is 3.71. The summed E-state index contributed by atoms with van der Waals surface area (Å²) in [4.78, 5) is 3.10. The van der Waals surface area contributed by atoms with E-state index in [1.54, 1.807) is 9.59 Å². The minimum Gasteiger partial charge on any atom is -0.505 e. The molecule has 0 amide bonds. The lowest BCUT2D eigenvalue weighted by atomic mass is 9.77. The van der Waals surface area contributed by atoms with Crippen LogP contribution in [-0.4, -0.2) is 40.2 Å². The zero-order valence-corrected chi connectivity index (χ0v) is 29.9. The van der Waals surface area contributed by atoms with E-state index < -0.39 is 0 Å². The molecule has 2 heterocycles. The summed E-state index contributed by atoms with van der Waals surface area (Å²) in [6, 6.07) is 23.7. The molecule has 6 aromatic rings. The first-order chi connectivity index (χ1) is 23.5. The Kier molecular flexibility index (Phi) is 9.77. The fourth-order valence-electron chi connectivity index (χ4n) is 6.77. The molecule has 0 aliphatic carbocycles. The van der Waals surface area contributed by atoms with Crippen molar-refractivity contribution in [3.63, 3.8) is 0 Å². The van der Waals surface area contributed by atoms with E-state index >= 15 is 0 Å². The van der Waals surface area contributed by atoms with Gasteiger partial charge in [-0.15, -0.1) is 30.0 Å². The number of phenolic OH excluding ortho intramolecular Hbond substituents is 2. The van der Waals surface area contributed by atoms with E-state index in [4.69, 9.17) is 20.4 Å². The van der Waals surface area contributed by atoms with Gasteiger partial charge in [0.15, 0.2) is 0 Å². The zero-order valence-electron chi connectivity index (χ0n) is 29.9. The predicted octanol–water partition coefficient (Wildman–Crippen LogP) is 9.87. The summed E-state index contributed by atoms with van der Waals surface area (Å²) in [5.41, 5.74) is 7.40. The maximum Gasteiger partial charge on any atom is 0.146 e. The van der Waals surface area contributed by atoms with E-state index in [9.17, 15) is 10.2 Å². The maximum absolute atomic E-state index is 12.0. The highest BCUT2D eigenvalue weighted by molar-refractivity contribution is 5.75. The van der Waals surface area contributed by atoms with Gasteiger partial charge in [-0.1, -0.05) is 116 Å². The molecule has 0 bridgehead atoms. The summed E-state index contributed by atoms with van der Waals surface area (Å²) < 4.78 is 0. The smallest absolute Gasteiger partial charge is 0.146 e. The normalized spacial score (nSPS) is 12.4. The van der Waals surface area contributed by atoms with Crippen molar-refractivity contribution in [2.75, 3.05) is 0 Å². The molecule has 256 valence electrons. The molecular weight excluding hydrogens is 608 g/mol. The van der Waals surface area contributed by atoms with Crippen molar-refractivity contribution < 1.29 is 10.2 Å². The van der Waals surface area contributed by atoms with Crippen LogP contribution >= 0.6 is 0 Å². The Morgan fingerprint density at radius 3 is 1.20 bits per heavy atom. The van der Waals surface area contributed by atoms with Crippen LogP contribution in [0.4, 0.5) is 0 Å². The Morgan fingerprint density at radius 1 is 0.531 bits per heavy atom. The van der Waals surface area contributed by atoms with E-state index in [1.165, 1.54) is 12.8 Å². The molecule has 8 nitrogen and oxygen atoms in total. The summed E-state index contributed by atoms with van der Waals surface area (Å²) in [6.45, 7) is 13.5. The van der Waals surface area contributed by atoms with Crippen molar-refractivity contribution in [1.29, 1.82) is 0 Å². The summed E-state index contributed by atoms with van der Waals surface area (Å²) >= 11 is 0. The van der Waals surface area contributed by atoms with Crippen LogP contribution in [-0.2, 0) is 17.3 Å². The Morgan fingerprint density at radius 2 is 0.878 bits per heavy atom. The van der Waals surface area contributed by atoms with Crippen molar-refractivity contribution in [3.8, 4) is 22.9 Å². The quantitative estimate of drug-likeness (QED) is 0.113. The molecule has 0 fully saturated rings. The topological polar surface area (TPSA) is 102 Å². The van der Waals surface area contributed by atoms with E-state index in [0.717, 1.165) is 71.7 Å². The van der Waals surface area contributed by atoms with Crippen LogP contribution in [0.3, 0.4) is 0 Å². The standard InChI is InChI=1S/C41H50N6O2/c1-7-9-15-21-40(3,4)30-24-28(38(48)36(26-30)46-42-32-17-11-12-18-33(32)43-46)23-29-25-31(41(5,6)22-16-10-8-2)27-37(39(29)49)47-44-34-19-13-14-20-35(34)45-47/h11-14,17-20,24-27,48-49H,7-10,15-16,21-23H2,1-6H3. The number of phenols is 2. The molecule has 4 aromatic carbocycles. The van der Waals surface area contributed by atoms with Gasteiger partial charge in [0.25, 0.3) is 0 Å². The molecule has 6 rings (SSSR count). The number of fused-ring (bicyclic) bond motifs is 2. The second kappa shape index (κ2) is 14.0. The zero-order chi connectivity index (χ0) is 34.8. The average molecular weight is 659 g/mol. The van der Waals surface area contributed by atoms with Gasteiger partial charge in [0.2, 0.25) is 0 Å². The van der Waals surface area contributed by atoms with Crippen LogP contribution in [0.2, 0.25) is 0 Å². The van der Waals surface area contributed by atoms with Crippen LogP contribution in [0.25, 0.3) is 33.4 Å². The Labute approximate surface area is 289 Å². The fraction of sp³-hybridized carbons (Fsp3) is 0.415. The molecule has 0 aliphatic rings. The first kappa shape index (κ1) is 34.2. The van der Waals surface area contributed by atoms with Crippen LogP contribution in [0.1, 0.15) is 115 Å². The van der Waals surface area contributed by atoms with E-state index in [1.807, 2.05) is 60.7 Å². The van der Waals surface area contributed by atoms with Crippen molar-refractivity contribution >= 4 is 22.1 Å². The number of rotatable bonds is 14. The summed E-state index contributed by atoms with van der Waals surface area (Å²) in [5, 5.41) is 42.9. The monoisotopic (exact) mass is 658 g/mol. The van der Waals surface area contributed by atoms with Gasteiger partial charge < -0.3 is 10.2 Å². The molecular formula is C41H50N6O2. The Balaban J connectivity index is 1.51. The molecule has 0 unspecified atom stereocenters. The van der Waals surface area contributed by atoms with Crippen LogP contribution in [0, 0.1) is 0 Å². The second-order valence-electron chi connectivity index (χ2n) is 14.8. The van der Waals surface area contributed by atoms with Gasteiger partial charge in [0.05, 0.1) is 0 Å². The molecule has 0 radical (unpaired) electrons. The molecule has 0 saturated heterocycles. The lowest BCUT2D eigenvalue weighted by Crippen LogP contribution is -2.19. The van der Waals surface area contributed by atoms with Crippen LogP contribution in [0.15, 0.2) is 72.8 Å². The number of unbranched alkanes of at least 4 members (excludes halogenated alkanes) is 4. The van der Waals surface area contributed by atoms with Crippen molar-refractivity contribution in [2.24, 2.45) is 0 Å². The highest BCUT2D eigenvalue weighted by Gasteiger charge is 2.28. The summed E-state index contributed by atoms with van der Waals surface area (Å²) in [5.74, 6) is 0.204. The first-order valence-corrected chi connectivity index (χ1v) is 17.9. The highest BCUT2D eigenvalue weighted by atomic mass is 16.3. The molecule has 0 spiro atoms. The lowest BCUT2D eigenvalue weighted by molar-refractivity contribution is 0.438. The number of hydrogen-bond donors (Lipinski definition) is 2. The van der Waals surface area contributed by atoms with Gasteiger partial charge in [-0.05, 0) is 71.2 Å². The van der Waals surface area contributed by atoms with E-state index in [0.29, 0.717) is 28.9 Å². The molecule has 2 N–H and O–H groups in total.